The Hall–Kier alpha value is -4.64. The van der Waals surface area contributed by atoms with Gasteiger partial charge in [-0.1, -0.05) is 50.2 Å². The monoisotopic (exact) mass is 546 g/mol. The van der Waals surface area contributed by atoms with Crippen molar-refractivity contribution in [2.45, 2.75) is 45.3 Å². The summed E-state index contributed by atoms with van der Waals surface area (Å²) in [6, 6.07) is 14.5. The number of benzene rings is 3. The molecule has 11 heteroatoms. The summed E-state index contributed by atoms with van der Waals surface area (Å²) in [5.41, 5.74) is 0.984. The van der Waals surface area contributed by atoms with Gasteiger partial charge in [0.05, 0.1) is 22.1 Å². The summed E-state index contributed by atoms with van der Waals surface area (Å²) in [5.74, 6) is -2.60. The molecule has 2 atom stereocenters. The number of carboxylic acid groups (broad SMARTS) is 1. The third kappa shape index (κ3) is 6.32. The number of fused-ring (bicyclic) bond motifs is 2. The fraction of sp³-hybridized carbons (Fsp3) is 0.310. The number of hydrogen-bond acceptors (Lipinski definition) is 7. The molecule has 0 saturated carbocycles. The van der Waals surface area contributed by atoms with Crippen molar-refractivity contribution in [2.75, 3.05) is 6.54 Å². The topological polar surface area (TPSA) is 159 Å². The van der Waals surface area contributed by atoms with E-state index in [1.807, 2.05) is 38.1 Å². The van der Waals surface area contributed by atoms with Crippen molar-refractivity contribution < 1.29 is 29.2 Å². The van der Waals surface area contributed by atoms with Crippen LogP contribution in [0.15, 0.2) is 60.7 Å². The van der Waals surface area contributed by atoms with Gasteiger partial charge in [0.15, 0.2) is 0 Å². The van der Waals surface area contributed by atoms with Crippen molar-refractivity contribution in [2.24, 2.45) is 5.92 Å². The second-order valence-electron chi connectivity index (χ2n) is 10.2. The highest BCUT2D eigenvalue weighted by atomic mass is 16.6. The summed E-state index contributed by atoms with van der Waals surface area (Å²) in [7, 11) is 0. The fourth-order valence-electron chi connectivity index (χ4n) is 4.77. The number of carbonyl (C=O) groups is 4. The van der Waals surface area contributed by atoms with Gasteiger partial charge in [-0.2, -0.15) is 0 Å². The minimum Gasteiger partial charge on any atom is -0.480 e. The van der Waals surface area contributed by atoms with Crippen molar-refractivity contribution in [1.82, 2.24) is 15.5 Å². The lowest BCUT2D eigenvalue weighted by Gasteiger charge is -2.25. The second-order valence-corrected chi connectivity index (χ2v) is 10.2. The number of amides is 3. The number of nitrogens with one attached hydrogen (secondary N) is 2. The third-order valence-electron chi connectivity index (χ3n) is 6.79. The Balaban J connectivity index is 1.43. The normalized spacial score (nSPS) is 14.3. The number of imide groups is 1. The SMILES string of the molecule is CC(C)C[C@H](N[C@H](CCN1C(=O)c2cc3ccccc3cc2C1=O)C(=O)O)C(=O)NCc1cccc([N+](=O)[O-])c1. The zero-order chi connectivity index (χ0) is 29.0. The average molecular weight is 547 g/mol. The lowest BCUT2D eigenvalue weighted by Crippen LogP contribution is -2.52. The molecule has 11 nitrogen and oxygen atoms in total. The first-order chi connectivity index (χ1) is 19.0. The van der Waals surface area contributed by atoms with Gasteiger partial charge in [0, 0.05) is 25.2 Å². The molecule has 0 unspecified atom stereocenters. The number of aliphatic carboxylic acids is 1. The molecular weight excluding hydrogens is 516 g/mol. The molecule has 1 aliphatic heterocycles. The van der Waals surface area contributed by atoms with Crippen LogP contribution in [0.2, 0.25) is 0 Å². The van der Waals surface area contributed by atoms with E-state index < -0.39 is 40.7 Å². The Bertz CT molecular complexity index is 1430. The first-order valence-electron chi connectivity index (χ1n) is 12.9. The molecule has 0 fully saturated rings. The first kappa shape index (κ1) is 28.4. The van der Waals surface area contributed by atoms with Crippen molar-refractivity contribution in [3.63, 3.8) is 0 Å². The van der Waals surface area contributed by atoms with E-state index in [1.165, 1.54) is 18.2 Å². The van der Waals surface area contributed by atoms with Gasteiger partial charge in [-0.3, -0.25) is 39.5 Å². The van der Waals surface area contributed by atoms with Crippen LogP contribution < -0.4 is 10.6 Å². The number of nitrogens with zero attached hydrogens (tertiary/aromatic N) is 2. The minimum atomic E-state index is -1.22. The highest BCUT2D eigenvalue weighted by Gasteiger charge is 2.37. The molecule has 1 heterocycles. The van der Waals surface area contributed by atoms with Gasteiger partial charge in [-0.15, -0.1) is 0 Å². The quantitative estimate of drug-likeness (QED) is 0.177. The highest BCUT2D eigenvalue weighted by Crippen LogP contribution is 2.28. The molecule has 208 valence electrons. The fourth-order valence-corrected chi connectivity index (χ4v) is 4.77. The predicted octanol–water partition coefficient (Wildman–Crippen LogP) is 3.51. The second kappa shape index (κ2) is 12.0. The van der Waals surface area contributed by atoms with Crippen LogP contribution >= 0.6 is 0 Å². The van der Waals surface area contributed by atoms with E-state index in [4.69, 9.17) is 0 Å². The molecule has 0 spiro atoms. The van der Waals surface area contributed by atoms with E-state index in [-0.39, 0.29) is 42.2 Å². The molecule has 3 aromatic carbocycles. The maximum atomic E-state index is 13.0. The van der Waals surface area contributed by atoms with Crippen LogP contribution in [0.4, 0.5) is 5.69 Å². The largest absolute Gasteiger partial charge is 0.480 e. The van der Waals surface area contributed by atoms with E-state index in [0.29, 0.717) is 12.0 Å². The minimum absolute atomic E-state index is 0.0257. The molecule has 0 radical (unpaired) electrons. The van der Waals surface area contributed by atoms with Crippen molar-refractivity contribution >= 4 is 40.2 Å². The van der Waals surface area contributed by atoms with Crippen LogP contribution in [0.3, 0.4) is 0 Å². The summed E-state index contributed by atoms with van der Waals surface area (Å²) in [4.78, 5) is 62.8. The molecule has 3 N–H and O–H groups in total. The Kier molecular flexibility index (Phi) is 8.54. The maximum Gasteiger partial charge on any atom is 0.320 e. The van der Waals surface area contributed by atoms with Gasteiger partial charge in [0.2, 0.25) is 5.91 Å². The maximum absolute atomic E-state index is 13.0. The van der Waals surface area contributed by atoms with Crippen LogP contribution in [0.25, 0.3) is 10.8 Å². The zero-order valence-corrected chi connectivity index (χ0v) is 22.1. The molecule has 4 rings (SSSR count). The number of carbonyl (C=O) groups excluding carboxylic acids is 3. The molecule has 0 saturated heterocycles. The number of rotatable bonds is 12. The molecule has 3 amide bonds. The number of non-ortho nitro benzene ring substituents is 1. The number of hydrogen-bond donors (Lipinski definition) is 3. The van der Waals surface area contributed by atoms with Crippen LogP contribution in [0.5, 0.6) is 0 Å². The summed E-state index contributed by atoms with van der Waals surface area (Å²) in [5, 5.41) is 28.2. The number of nitro benzene ring substituents is 1. The molecule has 1 aliphatic rings. The number of nitro groups is 1. The molecule has 0 aliphatic carbocycles. The lowest BCUT2D eigenvalue weighted by atomic mass is 10.0. The molecule has 40 heavy (non-hydrogen) atoms. The molecule has 0 bridgehead atoms. The zero-order valence-electron chi connectivity index (χ0n) is 22.1. The van der Waals surface area contributed by atoms with Crippen LogP contribution in [0, 0.1) is 16.0 Å². The standard InChI is InChI=1S/C29H30N4O7/c1-17(2)12-25(26(34)30-16-18-6-5-9-21(13-18)33(39)40)31-24(29(37)38)10-11-32-27(35)22-14-19-7-3-4-8-20(19)15-23(22)28(32)36/h3-9,13-15,17,24-25,31H,10-12,16H2,1-2H3,(H,30,34)(H,37,38)/t24-,25+/m1/s1. The van der Waals surface area contributed by atoms with Gasteiger partial charge in [-0.25, -0.2) is 0 Å². The first-order valence-corrected chi connectivity index (χ1v) is 12.9. The van der Waals surface area contributed by atoms with Gasteiger partial charge >= 0.3 is 5.97 Å². The predicted molar refractivity (Wildman–Crippen MR) is 147 cm³/mol. The summed E-state index contributed by atoms with van der Waals surface area (Å²) in [6.07, 6.45) is 0.219. The van der Waals surface area contributed by atoms with Crippen molar-refractivity contribution in [3.8, 4) is 0 Å². The molecule has 3 aromatic rings. The smallest absolute Gasteiger partial charge is 0.320 e. The van der Waals surface area contributed by atoms with Gasteiger partial charge in [0.25, 0.3) is 17.5 Å². The Morgan fingerprint density at radius 3 is 2.12 bits per heavy atom. The third-order valence-corrected chi connectivity index (χ3v) is 6.79. The van der Waals surface area contributed by atoms with E-state index in [2.05, 4.69) is 10.6 Å². The van der Waals surface area contributed by atoms with Crippen LogP contribution in [0.1, 0.15) is 53.0 Å². The van der Waals surface area contributed by atoms with Gasteiger partial charge in [0.1, 0.15) is 6.04 Å². The summed E-state index contributed by atoms with van der Waals surface area (Å²) in [6.45, 7) is 3.66. The van der Waals surface area contributed by atoms with Crippen molar-refractivity contribution in [1.29, 1.82) is 0 Å². The van der Waals surface area contributed by atoms with Crippen LogP contribution in [-0.2, 0) is 16.1 Å². The highest BCUT2D eigenvalue weighted by molar-refractivity contribution is 6.23. The Labute approximate surface area is 230 Å². The number of carboxylic acids is 1. The summed E-state index contributed by atoms with van der Waals surface area (Å²) >= 11 is 0. The summed E-state index contributed by atoms with van der Waals surface area (Å²) < 4.78 is 0. The van der Waals surface area contributed by atoms with Gasteiger partial charge < -0.3 is 10.4 Å². The van der Waals surface area contributed by atoms with E-state index >= 15 is 0 Å². The van der Waals surface area contributed by atoms with E-state index in [1.54, 1.807) is 18.2 Å². The average Bonchev–Trinajstić information content (AvgIpc) is 3.15. The Morgan fingerprint density at radius 2 is 1.57 bits per heavy atom. The molecular formula is C29H30N4O7. The van der Waals surface area contributed by atoms with E-state index in [0.717, 1.165) is 15.7 Å². The molecule has 0 aromatic heterocycles. The van der Waals surface area contributed by atoms with Crippen molar-refractivity contribution in [3.05, 3.63) is 87.5 Å². The van der Waals surface area contributed by atoms with E-state index in [9.17, 15) is 34.4 Å². The van der Waals surface area contributed by atoms with Gasteiger partial charge in [-0.05, 0) is 47.2 Å². The Morgan fingerprint density at radius 1 is 0.950 bits per heavy atom. The lowest BCUT2D eigenvalue weighted by molar-refractivity contribution is -0.384. The van der Waals surface area contributed by atoms with Crippen LogP contribution in [-0.4, -0.2) is 57.2 Å².